The Morgan fingerprint density at radius 2 is 2.00 bits per heavy atom. The molecular weight excluding hydrogens is 296 g/mol. The summed E-state index contributed by atoms with van der Waals surface area (Å²) in [6.07, 6.45) is 2.95. The van der Waals surface area contributed by atoms with Gasteiger partial charge in [0.15, 0.2) is 5.96 Å². The van der Waals surface area contributed by atoms with Crippen LogP contribution in [-0.4, -0.2) is 33.0 Å². The average Bonchev–Trinajstić information content (AvgIpc) is 2.34. The Balaban J connectivity index is 2.06. The Hall–Kier alpha value is -2.22. The molecule has 23 heavy (non-hydrogen) atoms. The van der Waals surface area contributed by atoms with Crippen molar-refractivity contribution in [1.82, 2.24) is 10.3 Å². The van der Waals surface area contributed by atoms with Gasteiger partial charge in [0.05, 0.1) is 11.0 Å². The van der Waals surface area contributed by atoms with Crippen molar-refractivity contribution in [3.63, 3.8) is 0 Å². The van der Waals surface area contributed by atoms with Gasteiger partial charge in [0.1, 0.15) is 12.0 Å². The summed E-state index contributed by atoms with van der Waals surface area (Å²) in [6, 6.07) is 2.99. The van der Waals surface area contributed by atoms with Crippen molar-refractivity contribution in [2.75, 3.05) is 5.32 Å². The van der Waals surface area contributed by atoms with Gasteiger partial charge in [-0.1, -0.05) is 0 Å². The number of hydrogen-bond acceptors (Lipinski definition) is 5. The molecule has 1 fully saturated rings. The molecule has 1 aromatic heterocycles. The lowest BCUT2D eigenvalue weighted by Gasteiger charge is -2.45. The fourth-order valence-electron chi connectivity index (χ4n) is 3.29. The number of aromatic nitrogens is 1. The zero-order chi connectivity index (χ0) is 17.3. The van der Waals surface area contributed by atoms with Gasteiger partial charge >= 0.3 is 0 Å². The van der Waals surface area contributed by atoms with E-state index in [1.165, 1.54) is 18.3 Å². The van der Waals surface area contributed by atoms with E-state index in [1.54, 1.807) is 0 Å². The highest BCUT2D eigenvalue weighted by Crippen LogP contribution is 2.30. The summed E-state index contributed by atoms with van der Waals surface area (Å²) < 4.78 is 0. The van der Waals surface area contributed by atoms with E-state index in [0.717, 1.165) is 12.8 Å². The highest BCUT2D eigenvalue weighted by molar-refractivity contribution is 5.91. The van der Waals surface area contributed by atoms with Gasteiger partial charge in [0.2, 0.25) is 0 Å². The number of nitrogens with two attached hydrogens (primary N) is 1. The van der Waals surface area contributed by atoms with Crippen molar-refractivity contribution in [2.24, 2.45) is 10.7 Å². The third-order valence-electron chi connectivity index (χ3n) is 3.71. The zero-order valence-corrected chi connectivity index (χ0v) is 14.0. The van der Waals surface area contributed by atoms with Crippen LogP contribution >= 0.6 is 0 Å². The first-order chi connectivity index (χ1) is 10.6. The van der Waals surface area contributed by atoms with Gasteiger partial charge in [-0.3, -0.25) is 10.1 Å². The van der Waals surface area contributed by atoms with Gasteiger partial charge in [-0.15, -0.1) is 0 Å². The molecule has 0 spiro atoms. The van der Waals surface area contributed by atoms with Crippen LogP contribution in [0.2, 0.25) is 0 Å². The fraction of sp³-hybridized carbons (Fsp3) is 0.600. The van der Waals surface area contributed by atoms with E-state index in [1.807, 2.05) is 0 Å². The smallest absolute Gasteiger partial charge is 0.287 e. The first kappa shape index (κ1) is 17.1. The molecule has 1 saturated heterocycles. The first-order valence-corrected chi connectivity index (χ1v) is 7.56. The molecule has 0 aromatic carbocycles. The normalized spacial score (nSPS) is 21.0. The number of guanidine groups is 1. The molecule has 8 nitrogen and oxygen atoms in total. The second-order valence-electron chi connectivity index (χ2n) is 7.25. The molecule has 0 saturated carbocycles. The average molecular weight is 320 g/mol. The number of anilines is 1. The number of nitrogens with one attached hydrogen (secondary N) is 2. The Labute approximate surface area is 135 Å². The summed E-state index contributed by atoms with van der Waals surface area (Å²) >= 11 is 0. The van der Waals surface area contributed by atoms with Crippen molar-refractivity contribution in [1.29, 1.82) is 0 Å². The lowest BCUT2D eigenvalue weighted by atomic mass is 9.80. The van der Waals surface area contributed by atoms with E-state index in [0.29, 0.717) is 5.82 Å². The largest absolute Gasteiger partial charge is 0.370 e. The maximum Gasteiger partial charge on any atom is 0.287 e. The van der Waals surface area contributed by atoms with Gasteiger partial charge in [-0.25, -0.2) is 9.98 Å². The summed E-state index contributed by atoms with van der Waals surface area (Å²) in [5, 5.41) is 17.1. The van der Waals surface area contributed by atoms with Crippen LogP contribution in [-0.2, 0) is 0 Å². The molecule has 0 unspecified atom stereocenters. The predicted octanol–water partition coefficient (Wildman–Crippen LogP) is 2.03. The van der Waals surface area contributed by atoms with Crippen molar-refractivity contribution in [3.05, 3.63) is 28.4 Å². The number of piperidine rings is 1. The molecule has 0 aliphatic carbocycles. The summed E-state index contributed by atoms with van der Waals surface area (Å²) in [6.45, 7) is 8.60. The van der Waals surface area contributed by atoms with E-state index < -0.39 is 4.92 Å². The van der Waals surface area contributed by atoms with Crippen LogP contribution in [0.3, 0.4) is 0 Å². The lowest BCUT2D eigenvalue weighted by molar-refractivity contribution is -0.385. The monoisotopic (exact) mass is 320 g/mol. The van der Waals surface area contributed by atoms with Crippen LogP contribution in [0.15, 0.2) is 23.3 Å². The highest BCUT2D eigenvalue weighted by atomic mass is 16.6. The van der Waals surface area contributed by atoms with E-state index >= 15 is 0 Å². The quantitative estimate of drug-likeness (QED) is 0.339. The Morgan fingerprint density at radius 1 is 1.39 bits per heavy atom. The second kappa shape index (κ2) is 6.11. The van der Waals surface area contributed by atoms with Crippen molar-refractivity contribution in [2.45, 2.75) is 57.7 Å². The molecule has 2 heterocycles. The Bertz CT molecular complexity index is 593. The Morgan fingerprint density at radius 3 is 2.48 bits per heavy atom. The van der Waals surface area contributed by atoms with Gasteiger partial charge in [-0.2, -0.15) is 0 Å². The molecule has 2 rings (SSSR count). The number of nitro groups is 1. The highest BCUT2D eigenvalue weighted by Gasteiger charge is 2.37. The molecule has 0 amide bonds. The van der Waals surface area contributed by atoms with E-state index in [4.69, 9.17) is 5.73 Å². The van der Waals surface area contributed by atoms with Gasteiger partial charge in [-0.05, 0) is 46.6 Å². The van der Waals surface area contributed by atoms with Crippen LogP contribution in [0.25, 0.3) is 0 Å². The van der Waals surface area contributed by atoms with Crippen LogP contribution in [0.5, 0.6) is 0 Å². The lowest BCUT2D eigenvalue weighted by Crippen LogP contribution is -2.59. The first-order valence-electron chi connectivity index (χ1n) is 7.56. The molecule has 1 aliphatic rings. The predicted molar refractivity (Wildman–Crippen MR) is 90.5 cm³/mol. The summed E-state index contributed by atoms with van der Waals surface area (Å²) in [7, 11) is 0. The number of nitrogens with zero attached hydrogens (tertiary/aromatic N) is 3. The molecule has 0 bridgehead atoms. The van der Waals surface area contributed by atoms with E-state index in [9.17, 15) is 10.1 Å². The minimum Gasteiger partial charge on any atom is -0.370 e. The van der Waals surface area contributed by atoms with Crippen molar-refractivity contribution < 1.29 is 4.92 Å². The minimum absolute atomic E-state index is 0.0121. The van der Waals surface area contributed by atoms with Gasteiger partial charge in [0, 0.05) is 17.1 Å². The van der Waals surface area contributed by atoms with Gasteiger partial charge in [0.25, 0.3) is 5.69 Å². The third-order valence-corrected chi connectivity index (χ3v) is 3.71. The second-order valence-corrected chi connectivity index (χ2v) is 7.25. The summed E-state index contributed by atoms with van der Waals surface area (Å²) in [4.78, 5) is 18.6. The minimum atomic E-state index is -0.493. The van der Waals surface area contributed by atoms with Crippen LogP contribution in [0.4, 0.5) is 11.5 Å². The molecule has 8 heteroatoms. The molecule has 0 atom stereocenters. The molecule has 126 valence electrons. The number of pyridine rings is 1. The maximum absolute atomic E-state index is 10.6. The SMILES string of the molecule is CC1(C)CC(N=C(N)Nc2ccc([N+](=O)[O-])cn2)CC(C)(C)N1. The molecule has 0 radical (unpaired) electrons. The van der Waals surface area contributed by atoms with E-state index in [2.05, 4.69) is 48.3 Å². The number of aliphatic imine (C=N–C) groups is 1. The topological polar surface area (TPSA) is 118 Å². The molecule has 1 aromatic rings. The van der Waals surface area contributed by atoms with Gasteiger partial charge < -0.3 is 16.4 Å². The molecule has 4 N–H and O–H groups in total. The Kier molecular flexibility index (Phi) is 4.56. The fourth-order valence-corrected chi connectivity index (χ4v) is 3.29. The summed E-state index contributed by atoms with van der Waals surface area (Å²) in [5.74, 6) is 0.703. The molecule has 1 aliphatic heterocycles. The zero-order valence-electron chi connectivity index (χ0n) is 14.0. The van der Waals surface area contributed by atoms with Crippen LogP contribution in [0, 0.1) is 10.1 Å². The standard InChI is InChI=1S/C15H24N6O2/c1-14(2)7-10(8-15(3,4)20-14)18-13(16)19-12-6-5-11(9-17-12)21(22)23/h5-6,9-10,20H,7-8H2,1-4H3,(H3,16,17,18,19). The van der Waals surface area contributed by atoms with Crippen molar-refractivity contribution in [3.8, 4) is 0 Å². The number of hydrogen-bond donors (Lipinski definition) is 3. The van der Waals surface area contributed by atoms with Crippen LogP contribution < -0.4 is 16.4 Å². The van der Waals surface area contributed by atoms with E-state index in [-0.39, 0.29) is 28.8 Å². The number of rotatable bonds is 3. The third kappa shape index (κ3) is 4.88. The summed E-state index contributed by atoms with van der Waals surface area (Å²) in [5.41, 5.74) is 5.87. The van der Waals surface area contributed by atoms with Crippen molar-refractivity contribution >= 4 is 17.5 Å². The molecular formula is C15H24N6O2. The van der Waals surface area contributed by atoms with Crippen LogP contribution in [0.1, 0.15) is 40.5 Å². The maximum atomic E-state index is 10.6.